The second-order valence-electron chi connectivity index (χ2n) is 5.48. The van der Waals surface area contributed by atoms with Crippen molar-refractivity contribution in [2.24, 2.45) is 0 Å². The normalized spacial score (nSPS) is 22.4. The maximum absolute atomic E-state index is 10.6. The van der Waals surface area contributed by atoms with Crippen molar-refractivity contribution in [3.05, 3.63) is 0 Å². The van der Waals surface area contributed by atoms with Crippen LogP contribution in [-0.2, 0) is 0 Å². The molecule has 1 saturated heterocycles. The van der Waals surface area contributed by atoms with Crippen molar-refractivity contribution in [1.82, 2.24) is 10.2 Å². The number of carbonyl (C=O) groups is 1. The minimum Gasteiger partial charge on any atom is -0.465 e. The second kappa shape index (κ2) is 4.80. The molecule has 0 unspecified atom stereocenters. The summed E-state index contributed by atoms with van der Waals surface area (Å²) >= 11 is 5.53. The van der Waals surface area contributed by atoms with Crippen LogP contribution in [0.4, 0.5) is 4.79 Å². The van der Waals surface area contributed by atoms with E-state index in [1.807, 2.05) is 20.8 Å². The summed E-state index contributed by atoms with van der Waals surface area (Å²) in [6, 6.07) is 0. The van der Waals surface area contributed by atoms with Gasteiger partial charge in [0.15, 0.2) is 0 Å². The summed E-state index contributed by atoms with van der Waals surface area (Å²) in [6.45, 7) is 7.99. The van der Waals surface area contributed by atoms with Gasteiger partial charge in [-0.1, -0.05) is 0 Å². The molecule has 1 amide bonds. The maximum atomic E-state index is 10.6. The first-order chi connectivity index (χ1) is 7.22. The van der Waals surface area contributed by atoms with Crippen LogP contribution in [0, 0.1) is 0 Å². The summed E-state index contributed by atoms with van der Waals surface area (Å²) in [7, 11) is 0. The maximum Gasteiger partial charge on any atom is 0.407 e. The highest BCUT2D eigenvalue weighted by Gasteiger charge is 2.46. The van der Waals surface area contributed by atoms with Crippen molar-refractivity contribution in [1.29, 1.82) is 0 Å². The Balaban J connectivity index is 0.000000221. The Hall–Kier alpha value is -0.480. The van der Waals surface area contributed by atoms with Crippen LogP contribution in [0.1, 0.15) is 33.6 Å². The molecule has 1 saturated carbocycles. The van der Waals surface area contributed by atoms with Gasteiger partial charge in [-0.3, -0.25) is 0 Å². The van der Waals surface area contributed by atoms with E-state index in [4.69, 9.17) is 16.7 Å². The molecular weight excluding hydrogens is 228 g/mol. The lowest BCUT2D eigenvalue weighted by molar-refractivity contribution is 0.125. The van der Waals surface area contributed by atoms with Crippen molar-refractivity contribution in [2.45, 2.75) is 44.0 Å². The minimum absolute atomic E-state index is 0.0278. The van der Waals surface area contributed by atoms with Crippen LogP contribution in [0.3, 0.4) is 0 Å². The summed E-state index contributed by atoms with van der Waals surface area (Å²) in [5, 5.41) is 12.0. The highest BCUT2D eigenvalue weighted by atomic mass is 35.5. The Morgan fingerprint density at radius 2 is 1.94 bits per heavy atom. The van der Waals surface area contributed by atoms with Crippen LogP contribution in [0.5, 0.6) is 0 Å². The van der Waals surface area contributed by atoms with Crippen molar-refractivity contribution >= 4 is 17.7 Å². The number of hydrogen-bond donors (Lipinski definition) is 2. The molecule has 16 heavy (non-hydrogen) atoms. The van der Waals surface area contributed by atoms with E-state index in [0.29, 0.717) is 13.1 Å². The average Bonchev–Trinajstić information content (AvgIpc) is 2.82. The number of carboxylic acid groups (broad SMARTS) is 1. The summed E-state index contributed by atoms with van der Waals surface area (Å²) in [5.74, 6) is 0. The van der Waals surface area contributed by atoms with Gasteiger partial charge in [0, 0.05) is 30.0 Å². The molecular formula is C11H21ClN2O2. The van der Waals surface area contributed by atoms with Crippen LogP contribution in [0.25, 0.3) is 0 Å². The van der Waals surface area contributed by atoms with Crippen LogP contribution >= 0.6 is 11.6 Å². The molecule has 1 heterocycles. The number of hydrogen-bond acceptors (Lipinski definition) is 2. The van der Waals surface area contributed by atoms with Crippen molar-refractivity contribution in [3.63, 3.8) is 0 Å². The van der Waals surface area contributed by atoms with Crippen molar-refractivity contribution in [3.8, 4) is 0 Å². The molecule has 1 aliphatic heterocycles. The largest absolute Gasteiger partial charge is 0.465 e. The lowest BCUT2D eigenvalue weighted by Crippen LogP contribution is -2.53. The average molecular weight is 249 g/mol. The molecule has 0 aromatic heterocycles. The van der Waals surface area contributed by atoms with Crippen molar-refractivity contribution < 1.29 is 9.90 Å². The van der Waals surface area contributed by atoms with Gasteiger partial charge in [0.1, 0.15) is 0 Å². The number of nitrogens with zero attached hydrogens (tertiary/aromatic N) is 1. The standard InChI is InChI=1S/C7H12N2O2.C4H9Cl/c10-6(11)9-4-3-8-7(5-9)1-2-7;1-4(2,3)5/h8H,1-5H2,(H,10,11);1-3H3. The number of rotatable bonds is 0. The molecule has 5 heteroatoms. The molecule has 2 rings (SSSR count). The molecule has 94 valence electrons. The fraction of sp³-hybridized carbons (Fsp3) is 0.909. The first-order valence-electron chi connectivity index (χ1n) is 5.64. The fourth-order valence-electron chi connectivity index (χ4n) is 1.61. The van der Waals surface area contributed by atoms with Gasteiger partial charge < -0.3 is 15.3 Å². The van der Waals surface area contributed by atoms with Gasteiger partial charge in [-0.25, -0.2) is 4.79 Å². The van der Waals surface area contributed by atoms with Gasteiger partial charge in [0.05, 0.1) is 0 Å². The van der Waals surface area contributed by atoms with E-state index in [1.165, 1.54) is 4.90 Å². The Bertz CT molecular complexity index is 253. The summed E-state index contributed by atoms with van der Waals surface area (Å²) in [6.07, 6.45) is 1.49. The van der Waals surface area contributed by atoms with Gasteiger partial charge >= 0.3 is 6.09 Å². The van der Waals surface area contributed by atoms with E-state index in [2.05, 4.69) is 5.32 Å². The molecule has 2 aliphatic rings. The number of alkyl halides is 1. The third kappa shape index (κ3) is 5.03. The fourth-order valence-corrected chi connectivity index (χ4v) is 1.61. The smallest absolute Gasteiger partial charge is 0.407 e. The van der Waals surface area contributed by atoms with Gasteiger partial charge in [0.2, 0.25) is 0 Å². The summed E-state index contributed by atoms with van der Waals surface area (Å²) < 4.78 is 0. The van der Waals surface area contributed by atoms with E-state index in [0.717, 1.165) is 19.4 Å². The predicted molar refractivity (Wildman–Crippen MR) is 65.2 cm³/mol. The zero-order chi connectivity index (χ0) is 12.4. The topological polar surface area (TPSA) is 52.6 Å². The molecule has 1 aliphatic carbocycles. The number of nitrogens with one attached hydrogen (secondary N) is 1. The highest BCUT2D eigenvalue weighted by molar-refractivity contribution is 6.23. The Morgan fingerprint density at radius 1 is 1.44 bits per heavy atom. The monoisotopic (exact) mass is 248 g/mol. The first kappa shape index (κ1) is 13.6. The predicted octanol–water partition coefficient (Wildman–Crippen LogP) is 2.13. The molecule has 0 aromatic rings. The molecule has 1 spiro atoms. The SMILES string of the molecule is CC(C)(C)Cl.O=C(O)N1CCNC2(CC2)C1. The first-order valence-corrected chi connectivity index (χ1v) is 6.01. The van der Waals surface area contributed by atoms with Crippen LogP contribution in [-0.4, -0.2) is 46.1 Å². The van der Waals surface area contributed by atoms with E-state index < -0.39 is 6.09 Å². The Morgan fingerprint density at radius 3 is 2.31 bits per heavy atom. The van der Waals surface area contributed by atoms with Crippen LogP contribution in [0.2, 0.25) is 0 Å². The third-order valence-electron chi connectivity index (χ3n) is 2.50. The Labute approximate surface area is 102 Å². The second-order valence-corrected chi connectivity index (χ2v) is 6.61. The summed E-state index contributed by atoms with van der Waals surface area (Å²) in [4.78, 5) is 12.0. The van der Waals surface area contributed by atoms with E-state index in [1.54, 1.807) is 0 Å². The summed E-state index contributed by atoms with van der Waals surface area (Å²) in [5.41, 5.74) is 0.177. The highest BCUT2D eigenvalue weighted by Crippen LogP contribution is 2.37. The van der Waals surface area contributed by atoms with Crippen molar-refractivity contribution in [2.75, 3.05) is 19.6 Å². The lowest BCUT2D eigenvalue weighted by atomic mass is 10.2. The third-order valence-corrected chi connectivity index (χ3v) is 2.50. The zero-order valence-corrected chi connectivity index (χ0v) is 11.0. The molecule has 2 N–H and O–H groups in total. The van der Waals surface area contributed by atoms with Gasteiger partial charge in [-0.2, -0.15) is 0 Å². The molecule has 4 nitrogen and oxygen atoms in total. The number of halogens is 1. The number of piperazine rings is 1. The molecule has 0 bridgehead atoms. The quantitative estimate of drug-likeness (QED) is 0.646. The zero-order valence-electron chi connectivity index (χ0n) is 10.2. The van der Waals surface area contributed by atoms with E-state index in [9.17, 15) is 4.79 Å². The minimum atomic E-state index is -0.780. The molecule has 0 aromatic carbocycles. The van der Waals surface area contributed by atoms with Gasteiger partial charge in [0.25, 0.3) is 0 Å². The molecule has 0 atom stereocenters. The van der Waals surface area contributed by atoms with Crippen LogP contribution in [0.15, 0.2) is 0 Å². The van der Waals surface area contributed by atoms with Gasteiger partial charge in [-0.05, 0) is 33.6 Å². The van der Waals surface area contributed by atoms with Gasteiger partial charge in [-0.15, -0.1) is 11.6 Å². The number of amides is 1. The molecule has 0 radical (unpaired) electrons. The lowest BCUT2D eigenvalue weighted by Gasteiger charge is -2.31. The van der Waals surface area contributed by atoms with E-state index in [-0.39, 0.29) is 10.4 Å². The molecule has 2 fully saturated rings. The Kier molecular flexibility index (Phi) is 4.07. The van der Waals surface area contributed by atoms with E-state index >= 15 is 0 Å². The van der Waals surface area contributed by atoms with Crippen LogP contribution < -0.4 is 5.32 Å².